The van der Waals surface area contributed by atoms with Gasteiger partial charge in [0.1, 0.15) is 6.17 Å². The molecule has 1 fully saturated rings. The van der Waals surface area contributed by atoms with Gasteiger partial charge in [-0.3, -0.25) is 0 Å². The zero-order valence-electron chi connectivity index (χ0n) is 19.8. The van der Waals surface area contributed by atoms with Crippen molar-refractivity contribution >= 4 is 5.97 Å². The molecule has 0 bridgehead atoms. The predicted molar refractivity (Wildman–Crippen MR) is 126 cm³/mol. The number of rotatable bonds is 11. The van der Waals surface area contributed by atoms with Gasteiger partial charge in [0.25, 0.3) is 0 Å². The standard InChI is InChI=1S/C28H34F4O2/c1-2-3-4-5-6-8-18-11-13-19(14-12-18)24(29)17-23-21(9-7-10-22(23)28(33)34)20-15-25(30)27(32)26(31)16-20/h7,9-10,15-16,18-19,24H,2-6,8,11-14,17H2,1H3,(H,33,34). The Hall–Kier alpha value is -2.37. The Morgan fingerprint density at radius 1 is 1.00 bits per heavy atom. The van der Waals surface area contributed by atoms with Crippen LogP contribution in [-0.4, -0.2) is 17.2 Å². The number of unbranched alkanes of at least 4 members (excludes halogenated alkanes) is 4. The lowest BCUT2D eigenvalue weighted by atomic mass is 9.76. The lowest BCUT2D eigenvalue weighted by Gasteiger charge is -2.31. The first-order chi connectivity index (χ1) is 16.3. The second-order valence-electron chi connectivity index (χ2n) is 9.59. The maximum Gasteiger partial charge on any atom is 0.335 e. The van der Waals surface area contributed by atoms with Crippen LogP contribution in [0.2, 0.25) is 0 Å². The molecular formula is C28H34F4O2. The fraction of sp³-hybridized carbons (Fsp3) is 0.536. The number of benzene rings is 2. The zero-order valence-corrected chi connectivity index (χ0v) is 19.8. The van der Waals surface area contributed by atoms with Crippen molar-refractivity contribution in [2.45, 2.75) is 83.7 Å². The molecule has 0 aromatic heterocycles. The van der Waals surface area contributed by atoms with Gasteiger partial charge in [0.05, 0.1) is 5.56 Å². The van der Waals surface area contributed by atoms with Crippen molar-refractivity contribution in [2.24, 2.45) is 11.8 Å². The van der Waals surface area contributed by atoms with E-state index in [0.29, 0.717) is 5.92 Å². The minimum Gasteiger partial charge on any atom is -0.478 e. The fourth-order valence-corrected chi connectivity index (χ4v) is 5.23. The molecule has 0 aliphatic heterocycles. The predicted octanol–water partition coefficient (Wildman–Crippen LogP) is 8.52. The number of aromatic carboxylic acids is 1. The van der Waals surface area contributed by atoms with Crippen molar-refractivity contribution in [1.29, 1.82) is 0 Å². The largest absolute Gasteiger partial charge is 0.478 e. The number of hydrogen-bond donors (Lipinski definition) is 1. The van der Waals surface area contributed by atoms with Crippen LogP contribution in [0.1, 0.15) is 87.1 Å². The number of carbonyl (C=O) groups is 1. The third kappa shape index (κ3) is 6.61. The van der Waals surface area contributed by atoms with Gasteiger partial charge in [-0.25, -0.2) is 22.4 Å². The Morgan fingerprint density at radius 2 is 1.65 bits per heavy atom. The van der Waals surface area contributed by atoms with Crippen molar-refractivity contribution in [3.05, 3.63) is 58.9 Å². The van der Waals surface area contributed by atoms with E-state index in [2.05, 4.69) is 6.92 Å². The molecule has 2 aromatic rings. The van der Waals surface area contributed by atoms with E-state index >= 15 is 4.39 Å². The van der Waals surface area contributed by atoms with Crippen LogP contribution in [-0.2, 0) is 6.42 Å². The van der Waals surface area contributed by atoms with E-state index in [-0.39, 0.29) is 34.6 Å². The van der Waals surface area contributed by atoms with Crippen molar-refractivity contribution < 1.29 is 27.5 Å². The average molecular weight is 479 g/mol. The molecule has 1 N–H and O–H groups in total. The maximum absolute atomic E-state index is 15.5. The number of carboxylic acid groups (broad SMARTS) is 1. The summed E-state index contributed by atoms with van der Waals surface area (Å²) >= 11 is 0. The maximum atomic E-state index is 15.5. The third-order valence-corrected chi connectivity index (χ3v) is 7.22. The second-order valence-corrected chi connectivity index (χ2v) is 9.59. The van der Waals surface area contributed by atoms with E-state index in [1.54, 1.807) is 0 Å². The molecule has 0 amide bonds. The van der Waals surface area contributed by atoms with Crippen LogP contribution < -0.4 is 0 Å². The van der Waals surface area contributed by atoms with E-state index in [9.17, 15) is 23.1 Å². The van der Waals surface area contributed by atoms with E-state index in [0.717, 1.165) is 37.8 Å². The molecule has 0 spiro atoms. The molecule has 0 radical (unpaired) electrons. The van der Waals surface area contributed by atoms with Crippen LogP contribution in [0.25, 0.3) is 11.1 Å². The van der Waals surface area contributed by atoms with Gasteiger partial charge in [-0.1, -0.05) is 70.4 Å². The van der Waals surface area contributed by atoms with E-state index < -0.39 is 29.6 Å². The molecule has 1 unspecified atom stereocenters. The van der Waals surface area contributed by atoms with Crippen LogP contribution in [0.5, 0.6) is 0 Å². The Bertz CT molecular complexity index is 944. The molecule has 2 nitrogen and oxygen atoms in total. The van der Waals surface area contributed by atoms with E-state index in [1.807, 2.05) is 0 Å². The molecule has 1 aliphatic rings. The summed E-state index contributed by atoms with van der Waals surface area (Å²) in [7, 11) is 0. The summed E-state index contributed by atoms with van der Waals surface area (Å²) in [5, 5.41) is 9.65. The SMILES string of the molecule is CCCCCCCC1CCC(C(F)Cc2c(C(=O)O)cccc2-c2cc(F)c(F)c(F)c2)CC1. The lowest BCUT2D eigenvalue weighted by Crippen LogP contribution is -2.25. The van der Waals surface area contributed by atoms with Crippen LogP contribution >= 0.6 is 0 Å². The highest BCUT2D eigenvalue weighted by molar-refractivity contribution is 5.92. The third-order valence-electron chi connectivity index (χ3n) is 7.22. The van der Waals surface area contributed by atoms with Gasteiger partial charge in [0.2, 0.25) is 0 Å². The monoisotopic (exact) mass is 478 g/mol. The Labute approximate surface area is 199 Å². The number of halogens is 4. The molecule has 34 heavy (non-hydrogen) atoms. The van der Waals surface area contributed by atoms with Crippen LogP contribution in [0.3, 0.4) is 0 Å². The Morgan fingerprint density at radius 3 is 2.26 bits per heavy atom. The smallest absolute Gasteiger partial charge is 0.335 e. The second kappa shape index (κ2) is 12.4. The summed E-state index contributed by atoms with van der Waals surface area (Å²) in [6, 6.07) is 5.94. The summed E-state index contributed by atoms with van der Waals surface area (Å²) in [5.41, 5.74) is 0.284. The van der Waals surface area contributed by atoms with Crippen molar-refractivity contribution in [2.75, 3.05) is 0 Å². The van der Waals surface area contributed by atoms with Crippen molar-refractivity contribution in [3.8, 4) is 11.1 Å². The minimum atomic E-state index is -1.59. The summed E-state index contributed by atoms with van der Waals surface area (Å²) < 4.78 is 56.6. The normalized spacial score (nSPS) is 19.2. The van der Waals surface area contributed by atoms with Gasteiger partial charge in [-0.15, -0.1) is 0 Å². The summed E-state index contributed by atoms with van der Waals surface area (Å²) in [5.74, 6) is -5.12. The van der Waals surface area contributed by atoms with Gasteiger partial charge in [0.15, 0.2) is 17.5 Å². The fourth-order valence-electron chi connectivity index (χ4n) is 5.23. The minimum absolute atomic E-state index is 0.00604. The zero-order chi connectivity index (χ0) is 24.7. The molecule has 6 heteroatoms. The quantitative estimate of drug-likeness (QED) is 0.200. The average Bonchev–Trinajstić information content (AvgIpc) is 2.82. The molecule has 1 saturated carbocycles. The highest BCUT2D eigenvalue weighted by Gasteiger charge is 2.29. The molecule has 3 rings (SSSR count). The molecule has 2 aromatic carbocycles. The Balaban J connectivity index is 1.71. The number of hydrogen-bond acceptors (Lipinski definition) is 1. The molecule has 186 valence electrons. The van der Waals surface area contributed by atoms with Gasteiger partial charge < -0.3 is 5.11 Å². The Kier molecular flexibility index (Phi) is 9.54. The van der Waals surface area contributed by atoms with Gasteiger partial charge in [-0.2, -0.15) is 0 Å². The first kappa shape index (κ1) is 26.2. The van der Waals surface area contributed by atoms with Gasteiger partial charge in [0, 0.05) is 6.42 Å². The van der Waals surface area contributed by atoms with Crippen molar-refractivity contribution in [1.82, 2.24) is 0 Å². The number of alkyl halides is 1. The molecular weight excluding hydrogens is 444 g/mol. The first-order valence-corrected chi connectivity index (χ1v) is 12.5. The van der Waals surface area contributed by atoms with E-state index in [1.165, 1.54) is 56.7 Å². The van der Waals surface area contributed by atoms with Crippen LogP contribution in [0.4, 0.5) is 17.6 Å². The summed E-state index contributed by atoms with van der Waals surface area (Å²) in [6.07, 6.45) is 9.44. The van der Waals surface area contributed by atoms with Crippen molar-refractivity contribution in [3.63, 3.8) is 0 Å². The van der Waals surface area contributed by atoms with Crippen LogP contribution in [0, 0.1) is 29.3 Å². The summed E-state index contributed by atoms with van der Waals surface area (Å²) in [6.45, 7) is 2.20. The molecule has 1 atom stereocenters. The molecule has 0 saturated heterocycles. The van der Waals surface area contributed by atoms with E-state index in [4.69, 9.17) is 0 Å². The first-order valence-electron chi connectivity index (χ1n) is 12.5. The highest BCUT2D eigenvalue weighted by Crippen LogP contribution is 2.37. The topological polar surface area (TPSA) is 37.3 Å². The highest BCUT2D eigenvalue weighted by atomic mass is 19.2. The summed E-state index contributed by atoms with van der Waals surface area (Å²) in [4.78, 5) is 11.8. The molecule has 0 heterocycles. The number of carboxylic acids is 1. The van der Waals surface area contributed by atoms with Crippen LogP contribution in [0.15, 0.2) is 30.3 Å². The van der Waals surface area contributed by atoms with Gasteiger partial charge >= 0.3 is 5.97 Å². The molecule has 1 aliphatic carbocycles. The lowest BCUT2D eigenvalue weighted by molar-refractivity contribution is 0.0694. The van der Waals surface area contributed by atoms with Gasteiger partial charge in [-0.05, 0) is 59.6 Å².